The van der Waals surface area contributed by atoms with Crippen molar-refractivity contribution in [2.75, 3.05) is 19.6 Å². The summed E-state index contributed by atoms with van der Waals surface area (Å²) in [6.07, 6.45) is 1.67. The van der Waals surface area contributed by atoms with Crippen molar-refractivity contribution in [3.63, 3.8) is 0 Å². The van der Waals surface area contributed by atoms with E-state index in [1.165, 1.54) is 0 Å². The summed E-state index contributed by atoms with van der Waals surface area (Å²) in [4.78, 5) is 14.4. The Kier molecular flexibility index (Phi) is 3.43. The molecule has 0 spiro atoms. The minimum atomic E-state index is 0.0303. The van der Waals surface area contributed by atoms with Crippen molar-refractivity contribution in [2.24, 2.45) is 11.1 Å². The second-order valence-electron chi connectivity index (χ2n) is 5.41. The van der Waals surface area contributed by atoms with Gasteiger partial charge in [-0.3, -0.25) is 4.79 Å². The molecule has 1 atom stereocenters. The molecule has 0 aromatic carbocycles. The molecule has 1 saturated heterocycles. The number of carbonyl (C=O) groups excluding carboxylic acids is 1. The van der Waals surface area contributed by atoms with E-state index in [0.29, 0.717) is 24.3 Å². The summed E-state index contributed by atoms with van der Waals surface area (Å²) in [5, 5.41) is 3.94. The second-order valence-corrected chi connectivity index (χ2v) is 5.41. The van der Waals surface area contributed by atoms with Gasteiger partial charge in [0.15, 0.2) is 0 Å². The van der Waals surface area contributed by atoms with Crippen molar-refractivity contribution >= 4 is 5.91 Å². The van der Waals surface area contributed by atoms with Crippen molar-refractivity contribution in [1.29, 1.82) is 0 Å². The first-order valence-electron chi connectivity index (χ1n) is 6.45. The molecule has 1 aliphatic rings. The van der Waals surface area contributed by atoms with E-state index in [0.717, 1.165) is 25.2 Å². The van der Waals surface area contributed by atoms with Gasteiger partial charge in [-0.1, -0.05) is 19.0 Å². The minimum absolute atomic E-state index is 0.0303. The molecule has 1 aromatic rings. The molecular weight excluding hydrogens is 230 g/mol. The van der Waals surface area contributed by atoms with E-state index in [1.54, 1.807) is 6.92 Å². The number of nitrogens with two attached hydrogens (primary N) is 1. The van der Waals surface area contributed by atoms with Crippen LogP contribution in [0, 0.1) is 12.3 Å². The van der Waals surface area contributed by atoms with Crippen molar-refractivity contribution < 1.29 is 9.32 Å². The fourth-order valence-electron chi connectivity index (χ4n) is 2.46. The molecule has 2 N–H and O–H groups in total. The lowest BCUT2D eigenvalue weighted by atomic mass is 9.90. The zero-order chi connectivity index (χ0) is 13.3. The molecule has 0 radical (unpaired) electrons. The van der Waals surface area contributed by atoms with E-state index >= 15 is 0 Å². The van der Waals surface area contributed by atoms with Crippen molar-refractivity contribution in [2.45, 2.75) is 33.6 Å². The van der Waals surface area contributed by atoms with Crippen LogP contribution in [-0.2, 0) is 6.42 Å². The quantitative estimate of drug-likeness (QED) is 0.880. The Balaban J connectivity index is 2.20. The SMILES string of the molecule is CCc1noc(C)c1C(=O)N1CCC(C)(CN)C1. The van der Waals surface area contributed by atoms with E-state index < -0.39 is 0 Å². The fourth-order valence-corrected chi connectivity index (χ4v) is 2.46. The summed E-state index contributed by atoms with van der Waals surface area (Å²) in [5.74, 6) is 0.640. The molecule has 2 heterocycles. The Morgan fingerprint density at radius 1 is 1.61 bits per heavy atom. The molecule has 5 nitrogen and oxygen atoms in total. The molecule has 0 saturated carbocycles. The highest BCUT2D eigenvalue weighted by molar-refractivity contribution is 5.96. The molecular formula is C13H21N3O2. The van der Waals surface area contributed by atoms with Gasteiger partial charge in [0.25, 0.3) is 5.91 Å². The first-order chi connectivity index (χ1) is 8.50. The normalized spacial score (nSPS) is 23.7. The lowest BCUT2D eigenvalue weighted by Gasteiger charge is -2.22. The summed E-state index contributed by atoms with van der Waals surface area (Å²) in [7, 11) is 0. The van der Waals surface area contributed by atoms with E-state index in [4.69, 9.17) is 10.3 Å². The monoisotopic (exact) mass is 251 g/mol. The van der Waals surface area contributed by atoms with Gasteiger partial charge in [-0.05, 0) is 31.7 Å². The Morgan fingerprint density at radius 2 is 2.33 bits per heavy atom. The van der Waals surface area contributed by atoms with Crippen LogP contribution in [-0.4, -0.2) is 35.6 Å². The van der Waals surface area contributed by atoms with Gasteiger partial charge >= 0.3 is 0 Å². The van der Waals surface area contributed by atoms with Gasteiger partial charge in [0.2, 0.25) is 0 Å². The van der Waals surface area contributed by atoms with Crippen molar-refractivity contribution in [3.8, 4) is 0 Å². The predicted molar refractivity (Wildman–Crippen MR) is 68.3 cm³/mol. The smallest absolute Gasteiger partial charge is 0.259 e. The van der Waals surface area contributed by atoms with Crippen LogP contribution in [0.25, 0.3) is 0 Å². The van der Waals surface area contributed by atoms with Crippen LogP contribution in [0.15, 0.2) is 4.52 Å². The number of hydrogen-bond acceptors (Lipinski definition) is 4. The number of rotatable bonds is 3. The second kappa shape index (κ2) is 4.72. The number of aryl methyl sites for hydroxylation is 2. The maximum absolute atomic E-state index is 12.5. The zero-order valence-corrected chi connectivity index (χ0v) is 11.3. The van der Waals surface area contributed by atoms with Gasteiger partial charge in [0.05, 0.1) is 5.69 Å². The summed E-state index contributed by atoms with van der Waals surface area (Å²) >= 11 is 0. The van der Waals surface area contributed by atoms with Crippen LogP contribution in [0.1, 0.15) is 42.1 Å². The largest absolute Gasteiger partial charge is 0.361 e. The number of amides is 1. The number of carbonyl (C=O) groups is 1. The molecule has 18 heavy (non-hydrogen) atoms. The van der Waals surface area contributed by atoms with Crippen LogP contribution in [0.4, 0.5) is 0 Å². The molecule has 1 fully saturated rings. The standard InChI is InChI=1S/C13H21N3O2/c1-4-10-11(9(2)18-15-10)12(17)16-6-5-13(3,7-14)8-16/h4-8,14H2,1-3H3. The zero-order valence-electron chi connectivity index (χ0n) is 11.3. The first-order valence-corrected chi connectivity index (χ1v) is 6.45. The molecule has 1 aromatic heterocycles. The molecule has 1 unspecified atom stereocenters. The number of aromatic nitrogens is 1. The van der Waals surface area contributed by atoms with Crippen LogP contribution in [0.2, 0.25) is 0 Å². The van der Waals surface area contributed by atoms with Gasteiger partial charge in [-0.2, -0.15) is 0 Å². The van der Waals surface area contributed by atoms with Crippen LogP contribution < -0.4 is 5.73 Å². The highest BCUT2D eigenvalue weighted by atomic mass is 16.5. The van der Waals surface area contributed by atoms with Crippen molar-refractivity contribution in [3.05, 3.63) is 17.0 Å². The van der Waals surface area contributed by atoms with E-state index in [2.05, 4.69) is 12.1 Å². The van der Waals surface area contributed by atoms with E-state index in [9.17, 15) is 4.79 Å². The molecule has 0 bridgehead atoms. The Hall–Kier alpha value is -1.36. The van der Waals surface area contributed by atoms with Crippen LogP contribution in [0.3, 0.4) is 0 Å². The van der Waals surface area contributed by atoms with E-state index in [1.807, 2.05) is 11.8 Å². The lowest BCUT2D eigenvalue weighted by molar-refractivity contribution is 0.0774. The molecule has 100 valence electrons. The predicted octanol–water partition coefficient (Wildman–Crippen LogP) is 1.36. The van der Waals surface area contributed by atoms with Gasteiger partial charge in [-0.25, -0.2) is 0 Å². The Morgan fingerprint density at radius 3 is 2.89 bits per heavy atom. The van der Waals surface area contributed by atoms with Gasteiger partial charge < -0.3 is 15.2 Å². The van der Waals surface area contributed by atoms with Crippen LogP contribution in [0.5, 0.6) is 0 Å². The number of hydrogen-bond donors (Lipinski definition) is 1. The molecule has 0 aliphatic carbocycles. The first kappa shape index (κ1) is 13.1. The number of likely N-dealkylation sites (tertiary alicyclic amines) is 1. The summed E-state index contributed by atoms with van der Waals surface area (Å²) < 4.78 is 5.12. The third-order valence-corrected chi connectivity index (χ3v) is 3.82. The van der Waals surface area contributed by atoms with E-state index in [-0.39, 0.29) is 11.3 Å². The Labute approximate surface area is 107 Å². The van der Waals surface area contributed by atoms with Crippen LogP contribution >= 0.6 is 0 Å². The third kappa shape index (κ3) is 2.14. The maximum Gasteiger partial charge on any atom is 0.259 e. The maximum atomic E-state index is 12.5. The topological polar surface area (TPSA) is 72.4 Å². The van der Waals surface area contributed by atoms with Gasteiger partial charge in [0, 0.05) is 13.1 Å². The molecule has 2 rings (SSSR count). The van der Waals surface area contributed by atoms with Gasteiger partial charge in [0.1, 0.15) is 11.3 Å². The summed E-state index contributed by atoms with van der Waals surface area (Å²) in [6, 6.07) is 0. The average molecular weight is 251 g/mol. The summed E-state index contributed by atoms with van der Waals surface area (Å²) in [6.45, 7) is 7.98. The Bertz CT molecular complexity index is 455. The molecule has 1 amide bonds. The lowest BCUT2D eigenvalue weighted by Crippen LogP contribution is -2.35. The highest BCUT2D eigenvalue weighted by Gasteiger charge is 2.36. The minimum Gasteiger partial charge on any atom is -0.361 e. The molecule has 5 heteroatoms. The molecule has 1 aliphatic heterocycles. The number of nitrogens with zero attached hydrogens (tertiary/aromatic N) is 2. The fraction of sp³-hybridized carbons (Fsp3) is 0.692. The van der Waals surface area contributed by atoms with Gasteiger partial charge in [-0.15, -0.1) is 0 Å². The summed E-state index contributed by atoms with van der Waals surface area (Å²) in [5.41, 5.74) is 7.20. The third-order valence-electron chi connectivity index (χ3n) is 3.82. The highest BCUT2D eigenvalue weighted by Crippen LogP contribution is 2.30. The average Bonchev–Trinajstić information content (AvgIpc) is 2.93. The van der Waals surface area contributed by atoms with Crippen molar-refractivity contribution in [1.82, 2.24) is 10.1 Å².